The first kappa shape index (κ1) is 26.0. The van der Waals surface area contributed by atoms with Gasteiger partial charge in [-0.2, -0.15) is 24.4 Å². The zero-order chi connectivity index (χ0) is 23.5. The average Bonchev–Trinajstić information content (AvgIpc) is 3.48. The number of amides is 3. The summed E-state index contributed by atoms with van der Waals surface area (Å²) in [5, 5.41) is 20.3. The third kappa shape index (κ3) is 8.02. The van der Waals surface area contributed by atoms with Crippen molar-refractivity contribution in [1.82, 2.24) is 31.2 Å². The quantitative estimate of drug-likeness (QED) is 0.173. The number of aliphatic carboxylic acids is 1. The van der Waals surface area contributed by atoms with E-state index in [1.807, 2.05) is 6.26 Å². The minimum Gasteiger partial charge on any atom is -0.480 e. The van der Waals surface area contributed by atoms with Gasteiger partial charge in [0.25, 0.3) is 0 Å². The summed E-state index contributed by atoms with van der Waals surface area (Å²) in [6, 6.07) is -3.41. The molecule has 0 radical (unpaired) electrons. The minimum absolute atomic E-state index is 0.00903. The van der Waals surface area contributed by atoms with Gasteiger partial charge in [-0.05, 0) is 37.8 Å². The zero-order valence-electron chi connectivity index (χ0n) is 17.8. The molecule has 1 fully saturated rings. The molecule has 0 spiro atoms. The Hall–Kier alpha value is -2.25. The maximum absolute atomic E-state index is 12.9. The first-order valence-electron chi connectivity index (χ1n) is 10.3. The number of carboxylic acid groups (broad SMARTS) is 1. The molecular formula is C19H30N6O5S2. The standard InChI is InChI=1S/C19H30N6O5S2/c1-32-6-4-13(23-16(26)12-3-2-5-21-12)17(27)25-15(9-31)18(28)24-14(19(29)30)7-11-8-20-10-22-11/h8,10,12-15,21,31H,2-7,9H2,1H3,(H,20,22)(H,23,26)(H,24,28)(H,25,27)(H,29,30). The number of hydrogen-bond donors (Lipinski definition) is 7. The van der Waals surface area contributed by atoms with E-state index in [4.69, 9.17) is 0 Å². The second kappa shape index (κ2) is 13.3. The van der Waals surface area contributed by atoms with Crippen LogP contribution in [0.5, 0.6) is 0 Å². The molecule has 4 unspecified atom stereocenters. The molecule has 1 saturated heterocycles. The molecule has 0 aromatic carbocycles. The predicted octanol–water partition coefficient (Wildman–Crippen LogP) is -1.07. The summed E-state index contributed by atoms with van der Waals surface area (Å²) in [6.07, 6.45) is 6.78. The molecule has 3 amide bonds. The third-order valence-electron chi connectivity index (χ3n) is 5.03. The second-order valence-electron chi connectivity index (χ2n) is 7.42. The van der Waals surface area contributed by atoms with Crippen molar-refractivity contribution in [2.75, 3.05) is 24.3 Å². The number of carboxylic acids is 1. The lowest BCUT2D eigenvalue weighted by molar-refractivity contribution is -0.142. The molecule has 1 aliphatic rings. The maximum Gasteiger partial charge on any atom is 0.326 e. The number of thiol groups is 1. The molecule has 13 heteroatoms. The van der Waals surface area contributed by atoms with E-state index in [2.05, 4.69) is 43.9 Å². The van der Waals surface area contributed by atoms with Crippen molar-refractivity contribution in [2.24, 2.45) is 0 Å². The van der Waals surface area contributed by atoms with Crippen molar-refractivity contribution >= 4 is 48.1 Å². The highest BCUT2D eigenvalue weighted by Gasteiger charge is 2.31. The van der Waals surface area contributed by atoms with Gasteiger partial charge in [0.1, 0.15) is 18.1 Å². The van der Waals surface area contributed by atoms with Crippen LogP contribution >= 0.6 is 24.4 Å². The Labute approximate surface area is 196 Å². The summed E-state index contributed by atoms with van der Waals surface area (Å²) in [4.78, 5) is 56.1. The van der Waals surface area contributed by atoms with Crippen molar-refractivity contribution in [2.45, 2.75) is 49.9 Å². The fraction of sp³-hybridized carbons (Fsp3) is 0.632. The Balaban J connectivity index is 1.98. The summed E-state index contributed by atoms with van der Waals surface area (Å²) in [6.45, 7) is 0.755. The number of thioether (sulfide) groups is 1. The number of carbonyl (C=O) groups excluding carboxylic acids is 3. The number of H-pyrrole nitrogens is 1. The average molecular weight is 487 g/mol. The molecule has 32 heavy (non-hydrogen) atoms. The van der Waals surface area contributed by atoms with Crippen molar-refractivity contribution in [1.29, 1.82) is 0 Å². The van der Waals surface area contributed by atoms with Crippen LogP contribution in [0.25, 0.3) is 0 Å². The number of hydrogen-bond acceptors (Lipinski definition) is 8. The summed E-state index contributed by atoms with van der Waals surface area (Å²) in [7, 11) is 0. The Bertz CT molecular complexity index is 772. The molecule has 178 valence electrons. The smallest absolute Gasteiger partial charge is 0.326 e. The van der Waals surface area contributed by atoms with Gasteiger partial charge < -0.3 is 31.4 Å². The van der Waals surface area contributed by atoms with E-state index in [9.17, 15) is 24.3 Å². The van der Waals surface area contributed by atoms with E-state index in [1.165, 1.54) is 24.3 Å². The summed E-state index contributed by atoms with van der Waals surface area (Å²) < 4.78 is 0. The molecule has 1 aromatic rings. The predicted molar refractivity (Wildman–Crippen MR) is 124 cm³/mol. The molecule has 1 aromatic heterocycles. The Morgan fingerprint density at radius 1 is 1.22 bits per heavy atom. The van der Waals surface area contributed by atoms with Crippen LogP contribution in [0.3, 0.4) is 0 Å². The molecule has 11 nitrogen and oxygen atoms in total. The van der Waals surface area contributed by atoms with Crippen molar-refractivity contribution in [3.63, 3.8) is 0 Å². The van der Waals surface area contributed by atoms with Crippen LogP contribution in [0.2, 0.25) is 0 Å². The van der Waals surface area contributed by atoms with Gasteiger partial charge in [-0.25, -0.2) is 9.78 Å². The number of imidazole rings is 1. The topological polar surface area (TPSA) is 165 Å². The molecule has 0 aliphatic carbocycles. The number of aromatic nitrogens is 2. The summed E-state index contributed by atoms with van der Waals surface area (Å²) >= 11 is 5.67. The first-order valence-corrected chi connectivity index (χ1v) is 12.3. The first-order chi connectivity index (χ1) is 15.3. The van der Waals surface area contributed by atoms with Crippen LogP contribution in [0, 0.1) is 0 Å². The van der Waals surface area contributed by atoms with Gasteiger partial charge in [-0.3, -0.25) is 14.4 Å². The molecule has 6 N–H and O–H groups in total. The number of aromatic amines is 1. The molecule has 0 bridgehead atoms. The van der Waals surface area contributed by atoms with Gasteiger partial charge in [0.05, 0.1) is 12.4 Å². The van der Waals surface area contributed by atoms with Crippen molar-refractivity contribution in [3.8, 4) is 0 Å². The van der Waals surface area contributed by atoms with E-state index in [1.54, 1.807) is 0 Å². The zero-order valence-corrected chi connectivity index (χ0v) is 19.5. The van der Waals surface area contributed by atoms with Crippen LogP contribution in [0.1, 0.15) is 25.0 Å². The van der Waals surface area contributed by atoms with Gasteiger partial charge >= 0.3 is 5.97 Å². The molecule has 4 atom stereocenters. The molecule has 2 rings (SSSR count). The van der Waals surface area contributed by atoms with E-state index in [0.29, 0.717) is 24.3 Å². The highest BCUT2D eigenvalue weighted by Crippen LogP contribution is 2.08. The van der Waals surface area contributed by atoms with Crippen molar-refractivity contribution < 1.29 is 24.3 Å². The fourth-order valence-corrected chi connectivity index (χ4v) is 3.97. The molecular weight excluding hydrogens is 456 g/mol. The Kier molecular flexibility index (Phi) is 10.8. The Morgan fingerprint density at radius 3 is 2.50 bits per heavy atom. The number of rotatable bonds is 13. The van der Waals surface area contributed by atoms with Crippen LogP contribution in [-0.4, -0.2) is 87.2 Å². The summed E-state index contributed by atoms with van der Waals surface area (Å²) in [5.74, 6) is -2.05. The fourth-order valence-electron chi connectivity index (χ4n) is 3.24. The van der Waals surface area contributed by atoms with E-state index in [-0.39, 0.29) is 24.1 Å². The lowest BCUT2D eigenvalue weighted by Gasteiger charge is -2.24. The van der Waals surface area contributed by atoms with Gasteiger partial charge in [-0.15, -0.1) is 0 Å². The van der Waals surface area contributed by atoms with Gasteiger partial charge in [-0.1, -0.05) is 0 Å². The second-order valence-corrected chi connectivity index (χ2v) is 8.77. The van der Waals surface area contributed by atoms with Crippen molar-refractivity contribution in [3.05, 3.63) is 18.2 Å². The van der Waals surface area contributed by atoms with E-state index < -0.39 is 35.9 Å². The van der Waals surface area contributed by atoms with Crippen LogP contribution in [0.15, 0.2) is 12.5 Å². The lowest BCUT2D eigenvalue weighted by Crippen LogP contribution is -2.57. The van der Waals surface area contributed by atoms with Crippen LogP contribution < -0.4 is 21.3 Å². The lowest BCUT2D eigenvalue weighted by atomic mass is 10.1. The monoisotopic (exact) mass is 486 g/mol. The van der Waals surface area contributed by atoms with Crippen LogP contribution in [0.4, 0.5) is 0 Å². The van der Waals surface area contributed by atoms with Crippen LogP contribution in [-0.2, 0) is 25.6 Å². The maximum atomic E-state index is 12.9. The SMILES string of the molecule is CSCCC(NC(=O)C1CCCN1)C(=O)NC(CS)C(=O)NC(Cc1cnc[nH]1)C(=O)O. The number of nitrogens with one attached hydrogen (secondary N) is 5. The largest absolute Gasteiger partial charge is 0.480 e. The molecule has 1 aliphatic heterocycles. The third-order valence-corrected chi connectivity index (χ3v) is 6.04. The Morgan fingerprint density at radius 2 is 1.94 bits per heavy atom. The van der Waals surface area contributed by atoms with Gasteiger partial charge in [0, 0.05) is 24.1 Å². The minimum atomic E-state index is -1.22. The number of carbonyl (C=O) groups is 4. The van der Waals surface area contributed by atoms with E-state index >= 15 is 0 Å². The highest BCUT2D eigenvalue weighted by atomic mass is 32.2. The highest BCUT2D eigenvalue weighted by molar-refractivity contribution is 7.98. The molecule has 2 heterocycles. The summed E-state index contributed by atoms with van der Waals surface area (Å²) in [5.41, 5.74) is 0.546. The van der Waals surface area contributed by atoms with Gasteiger partial charge in [0.15, 0.2) is 0 Å². The molecule has 0 saturated carbocycles. The van der Waals surface area contributed by atoms with Gasteiger partial charge in [0.2, 0.25) is 17.7 Å². The normalized spacial score (nSPS) is 18.4. The number of nitrogens with zero attached hydrogens (tertiary/aromatic N) is 1. The van der Waals surface area contributed by atoms with E-state index in [0.717, 1.165) is 13.0 Å².